The summed E-state index contributed by atoms with van der Waals surface area (Å²) in [5.74, 6) is -0.591. The summed E-state index contributed by atoms with van der Waals surface area (Å²) in [4.78, 5) is 24.8. The summed E-state index contributed by atoms with van der Waals surface area (Å²) in [7, 11) is 0. The highest BCUT2D eigenvalue weighted by molar-refractivity contribution is 9.10. The highest BCUT2D eigenvalue weighted by Crippen LogP contribution is 2.19. The predicted octanol–water partition coefficient (Wildman–Crippen LogP) is 3.99. The minimum Gasteiger partial charge on any atom is -0.462 e. The number of carbonyl (C=O) groups excluding carboxylic acids is 1. The zero-order chi connectivity index (χ0) is 17.1. The summed E-state index contributed by atoms with van der Waals surface area (Å²) >= 11 is 3.39. The van der Waals surface area contributed by atoms with Crippen LogP contribution in [0.3, 0.4) is 0 Å². The van der Waals surface area contributed by atoms with Gasteiger partial charge in [-0.25, -0.2) is 4.79 Å². The minimum atomic E-state index is -0.591. The van der Waals surface area contributed by atoms with Gasteiger partial charge in [0.15, 0.2) is 0 Å². The normalized spacial score (nSPS) is 10.8. The smallest absolute Gasteiger partial charge is 0.343 e. The number of fused-ring (bicyclic) bond motifs is 1. The fraction of sp³-hybridized carbons (Fsp3) is 0.158. The third kappa shape index (κ3) is 3.26. The Morgan fingerprint density at radius 2 is 1.92 bits per heavy atom. The first-order chi connectivity index (χ1) is 11.6. The van der Waals surface area contributed by atoms with Gasteiger partial charge in [-0.1, -0.05) is 46.3 Å². The highest BCUT2D eigenvalue weighted by Gasteiger charge is 2.16. The van der Waals surface area contributed by atoms with Gasteiger partial charge in [-0.05, 0) is 30.7 Å². The van der Waals surface area contributed by atoms with Crippen molar-refractivity contribution in [3.63, 3.8) is 0 Å². The molecule has 3 rings (SSSR count). The van der Waals surface area contributed by atoms with E-state index in [-0.39, 0.29) is 17.6 Å². The van der Waals surface area contributed by atoms with E-state index in [0.717, 1.165) is 15.6 Å². The van der Waals surface area contributed by atoms with Crippen molar-refractivity contribution in [2.75, 3.05) is 6.61 Å². The van der Waals surface area contributed by atoms with E-state index in [4.69, 9.17) is 4.74 Å². The zero-order valence-electron chi connectivity index (χ0n) is 13.2. The van der Waals surface area contributed by atoms with Crippen molar-refractivity contribution in [3.05, 3.63) is 80.6 Å². The lowest BCUT2D eigenvalue weighted by Crippen LogP contribution is -2.21. The van der Waals surface area contributed by atoms with Crippen LogP contribution in [0.2, 0.25) is 0 Å². The monoisotopic (exact) mass is 385 g/mol. The molecule has 0 aliphatic rings. The second-order valence-corrected chi connectivity index (χ2v) is 6.28. The number of carbonyl (C=O) groups is 1. The predicted molar refractivity (Wildman–Crippen MR) is 97.4 cm³/mol. The molecule has 0 fully saturated rings. The van der Waals surface area contributed by atoms with Gasteiger partial charge in [-0.3, -0.25) is 4.79 Å². The molecular weight excluding hydrogens is 370 g/mol. The van der Waals surface area contributed by atoms with Crippen LogP contribution >= 0.6 is 15.9 Å². The fourth-order valence-electron chi connectivity index (χ4n) is 2.63. The molecule has 0 aliphatic heterocycles. The first-order valence-corrected chi connectivity index (χ1v) is 8.43. The molecule has 2 aromatic carbocycles. The lowest BCUT2D eigenvalue weighted by Gasteiger charge is -2.13. The quantitative estimate of drug-likeness (QED) is 0.637. The van der Waals surface area contributed by atoms with E-state index < -0.39 is 5.97 Å². The molecule has 0 unspecified atom stereocenters. The van der Waals surface area contributed by atoms with E-state index in [1.807, 2.05) is 47.0 Å². The number of hydrogen-bond donors (Lipinski definition) is 0. The Bertz CT molecular complexity index is 948. The molecule has 0 saturated heterocycles. The molecule has 24 heavy (non-hydrogen) atoms. The molecule has 0 amide bonds. The Balaban J connectivity index is 2.21. The average molecular weight is 386 g/mol. The van der Waals surface area contributed by atoms with Gasteiger partial charge in [0.25, 0.3) is 0 Å². The summed E-state index contributed by atoms with van der Waals surface area (Å²) < 4.78 is 7.73. The van der Waals surface area contributed by atoms with Crippen LogP contribution in [0.25, 0.3) is 10.9 Å². The molecule has 1 aromatic heterocycles. The van der Waals surface area contributed by atoms with Crippen molar-refractivity contribution in [2.45, 2.75) is 13.5 Å². The number of nitrogens with zero attached hydrogens (tertiary/aromatic N) is 1. The Hall–Kier alpha value is -2.40. The van der Waals surface area contributed by atoms with E-state index in [2.05, 4.69) is 15.9 Å². The van der Waals surface area contributed by atoms with E-state index in [9.17, 15) is 9.59 Å². The third-order valence-electron chi connectivity index (χ3n) is 3.73. The standard InChI is InChI=1S/C19H16BrNO3/c1-2-24-19(23)16-12-21(11-13-6-4-3-5-7-13)17-9-8-14(20)10-15(17)18(16)22/h3-10,12H,2,11H2,1H3. The topological polar surface area (TPSA) is 48.3 Å². The Kier molecular flexibility index (Phi) is 4.81. The summed E-state index contributed by atoms with van der Waals surface area (Å²) in [5, 5.41) is 0.492. The number of hydrogen-bond acceptors (Lipinski definition) is 3. The lowest BCUT2D eigenvalue weighted by atomic mass is 10.1. The number of rotatable bonds is 4. The van der Waals surface area contributed by atoms with E-state index in [1.54, 1.807) is 19.2 Å². The Morgan fingerprint density at radius 3 is 2.62 bits per heavy atom. The summed E-state index contributed by atoms with van der Waals surface area (Å²) in [6.45, 7) is 2.51. The number of esters is 1. The summed E-state index contributed by atoms with van der Waals surface area (Å²) in [5.41, 5.74) is 1.60. The van der Waals surface area contributed by atoms with Crippen LogP contribution in [0.5, 0.6) is 0 Å². The lowest BCUT2D eigenvalue weighted by molar-refractivity contribution is 0.0524. The summed E-state index contributed by atoms with van der Waals surface area (Å²) in [6.07, 6.45) is 1.59. The van der Waals surface area contributed by atoms with Crippen LogP contribution in [-0.2, 0) is 11.3 Å². The molecule has 0 spiro atoms. The highest BCUT2D eigenvalue weighted by atomic mass is 79.9. The van der Waals surface area contributed by atoms with Gasteiger partial charge in [-0.2, -0.15) is 0 Å². The third-order valence-corrected chi connectivity index (χ3v) is 4.23. The molecular formula is C19H16BrNO3. The maximum atomic E-state index is 12.7. The SMILES string of the molecule is CCOC(=O)c1cn(Cc2ccccc2)c2ccc(Br)cc2c1=O. The maximum Gasteiger partial charge on any atom is 0.343 e. The maximum absolute atomic E-state index is 12.7. The zero-order valence-corrected chi connectivity index (χ0v) is 14.7. The molecule has 0 N–H and O–H groups in total. The number of halogens is 1. The van der Waals surface area contributed by atoms with Crippen molar-refractivity contribution >= 4 is 32.8 Å². The Labute approximate surface area is 147 Å². The van der Waals surface area contributed by atoms with Crippen LogP contribution in [0.15, 0.2) is 64.0 Å². The molecule has 0 atom stereocenters. The van der Waals surface area contributed by atoms with Crippen LogP contribution < -0.4 is 5.43 Å². The first-order valence-electron chi connectivity index (χ1n) is 7.64. The molecule has 122 valence electrons. The molecule has 0 saturated carbocycles. The molecule has 0 radical (unpaired) electrons. The summed E-state index contributed by atoms with van der Waals surface area (Å²) in [6, 6.07) is 15.4. The second kappa shape index (κ2) is 7.01. The van der Waals surface area contributed by atoms with Gasteiger partial charge >= 0.3 is 5.97 Å². The van der Waals surface area contributed by atoms with Crippen molar-refractivity contribution in [3.8, 4) is 0 Å². The van der Waals surface area contributed by atoms with Crippen LogP contribution in [0.1, 0.15) is 22.8 Å². The van der Waals surface area contributed by atoms with Crippen molar-refractivity contribution in [1.29, 1.82) is 0 Å². The Morgan fingerprint density at radius 1 is 1.17 bits per heavy atom. The van der Waals surface area contributed by atoms with Crippen LogP contribution in [-0.4, -0.2) is 17.1 Å². The minimum absolute atomic E-state index is 0.0541. The van der Waals surface area contributed by atoms with Crippen LogP contribution in [0, 0.1) is 0 Å². The van der Waals surface area contributed by atoms with Crippen LogP contribution in [0.4, 0.5) is 0 Å². The molecule has 3 aromatic rings. The molecule has 0 aliphatic carbocycles. The van der Waals surface area contributed by atoms with E-state index in [1.165, 1.54) is 0 Å². The molecule has 1 heterocycles. The van der Waals surface area contributed by atoms with Crippen molar-refractivity contribution < 1.29 is 9.53 Å². The number of aromatic nitrogens is 1. The number of ether oxygens (including phenoxy) is 1. The van der Waals surface area contributed by atoms with Crippen molar-refractivity contribution in [2.24, 2.45) is 0 Å². The van der Waals surface area contributed by atoms with E-state index >= 15 is 0 Å². The fourth-order valence-corrected chi connectivity index (χ4v) is 3.00. The second-order valence-electron chi connectivity index (χ2n) is 5.37. The average Bonchev–Trinajstić information content (AvgIpc) is 2.58. The first kappa shape index (κ1) is 16.5. The number of benzene rings is 2. The molecule has 5 heteroatoms. The molecule has 4 nitrogen and oxygen atoms in total. The van der Waals surface area contributed by atoms with Gasteiger partial charge in [0.2, 0.25) is 5.43 Å². The van der Waals surface area contributed by atoms with Gasteiger partial charge in [0.05, 0.1) is 12.1 Å². The van der Waals surface area contributed by atoms with Gasteiger partial charge in [0, 0.05) is 22.6 Å². The number of pyridine rings is 1. The van der Waals surface area contributed by atoms with Gasteiger partial charge < -0.3 is 9.30 Å². The largest absolute Gasteiger partial charge is 0.462 e. The molecule has 0 bridgehead atoms. The van der Waals surface area contributed by atoms with E-state index in [0.29, 0.717) is 11.9 Å². The van der Waals surface area contributed by atoms with Crippen molar-refractivity contribution in [1.82, 2.24) is 4.57 Å². The van der Waals surface area contributed by atoms with Gasteiger partial charge in [0.1, 0.15) is 5.56 Å². The van der Waals surface area contributed by atoms with Gasteiger partial charge in [-0.15, -0.1) is 0 Å².